The molecule has 1 spiro atoms. The summed E-state index contributed by atoms with van der Waals surface area (Å²) < 4.78 is 7.65. The van der Waals surface area contributed by atoms with E-state index in [2.05, 4.69) is 27.3 Å². The minimum atomic E-state index is 0.342. The maximum absolute atomic E-state index is 5.65. The highest BCUT2D eigenvalue weighted by atomic mass is 16.5. The maximum atomic E-state index is 5.65. The molecule has 134 valence electrons. The van der Waals surface area contributed by atoms with E-state index in [1.165, 1.54) is 19.3 Å². The van der Waals surface area contributed by atoms with Crippen LogP contribution >= 0.6 is 0 Å². The summed E-state index contributed by atoms with van der Waals surface area (Å²) in [7, 11) is 1.99. The van der Waals surface area contributed by atoms with E-state index in [4.69, 9.17) is 9.73 Å². The molecule has 7 heteroatoms. The lowest BCUT2D eigenvalue weighted by molar-refractivity contribution is 0.156. The Morgan fingerprint density at radius 3 is 2.92 bits per heavy atom. The molecule has 7 nitrogen and oxygen atoms in total. The van der Waals surface area contributed by atoms with Crippen LogP contribution in [0.25, 0.3) is 0 Å². The predicted octanol–water partition coefficient (Wildman–Crippen LogP) is 1.48. The molecule has 1 aromatic rings. The van der Waals surface area contributed by atoms with Crippen molar-refractivity contribution in [2.24, 2.45) is 17.5 Å². The number of nitrogens with zero attached hydrogens (tertiary/aromatic N) is 5. The Kier molecular flexibility index (Phi) is 5.38. The van der Waals surface area contributed by atoms with E-state index in [0.29, 0.717) is 12.0 Å². The van der Waals surface area contributed by atoms with Crippen molar-refractivity contribution >= 4 is 5.96 Å². The smallest absolute Gasteiger partial charge is 0.194 e. The number of aliphatic imine (C=N–C) groups is 1. The van der Waals surface area contributed by atoms with E-state index in [9.17, 15) is 0 Å². The first kappa shape index (κ1) is 17.2. The summed E-state index contributed by atoms with van der Waals surface area (Å²) in [6.45, 7) is 9.60. The van der Waals surface area contributed by atoms with Crippen molar-refractivity contribution < 1.29 is 4.74 Å². The predicted molar refractivity (Wildman–Crippen MR) is 93.8 cm³/mol. The fourth-order valence-corrected chi connectivity index (χ4v) is 3.47. The molecule has 0 saturated carbocycles. The minimum Gasteiger partial charge on any atom is -0.381 e. The Morgan fingerprint density at radius 1 is 1.38 bits per heavy atom. The quantitative estimate of drug-likeness (QED) is 0.502. The van der Waals surface area contributed by atoms with E-state index in [1.54, 1.807) is 0 Å². The van der Waals surface area contributed by atoms with Crippen LogP contribution in [0.2, 0.25) is 0 Å². The highest BCUT2D eigenvalue weighted by molar-refractivity contribution is 5.80. The van der Waals surface area contributed by atoms with Crippen LogP contribution in [0, 0.1) is 12.3 Å². The molecule has 3 heterocycles. The molecule has 2 saturated heterocycles. The van der Waals surface area contributed by atoms with Gasteiger partial charge in [0.2, 0.25) is 0 Å². The Balaban J connectivity index is 1.68. The van der Waals surface area contributed by atoms with Crippen molar-refractivity contribution in [3.8, 4) is 0 Å². The number of nitrogens with one attached hydrogen (secondary N) is 1. The largest absolute Gasteiger partial charge is 0.381 e. The zero-order valence-electron chi connectivity index (χ0n) is 15.2. The van der Waals surface area contributed by atoms with Gasteiger partial charge in [0.05, 0.1) is 6.61 Å². The van der Waals surface area contributed by atoms with Crippen LogP contribution in [-0.4, -0.2) is 58.5 Å². The third-order valence-corrected chi connectivity index (χ3v) is 5.29. The van der Waals surface area contributed by atoms with Gasteiger partial charge in [-0.1, -0.05) is 13.3 Å². The first-order valence-electron chi connectivity index (χ1n) is 9.09. The summed E-state index contributed by atoms with van der Waals surface area (Å²) in [5, 5.41) is 11.9. The molecule has 3 rings (SSSR count). The fraction of sp³-hybridized carbons (Fsp3) is 0.824. The number of unbranched alkanes of at least 4 members (excludes halogenated alkanes) is 1. The van der Waals surface area contributed by atoms with Crippen molar-refractivity contribution in [1.29, 1.82) is 0 Å². The van der Waals surface area contributed by atoms with Crippen molar-refractivity contribution in [2.75, 3.05) is 32.8 Å². The Labute approximate surface area is 144 Å². The molecule has 0 aromatic carbocycles. The lowest BCUT2D eigenvalue weighted by Crippen LogP contribution is -2.42. The minimum absolute atomic E-state index is 0.342. The molecule has 2 fully saturated rings. The monoisotopic (exact) mass is 334 g/mol. The molecule has 1 unspecified atom stereocenters. The maximum Gasteiger partial charge on any atom is 0.194 e. The van der Waals surface area contributed by atoms with Gasteiger partial charge in [0, 0.05) is 38.7 Å². The molecule has 24 heavy (non-hydrogen) atoms. The molecule has 1 aromatic heterocycles. The Hall–Kier alpha value is -1.63. The average molecular weight is 334 g/mol. The number of hydrogen-bond donors (Lipinski definition) is 1. The van der Waals surface area contributed by atoms with Crippen molar-refractivity contribution in [1.82, 2.24) is 25.0 Å². The summed E-state index contributed by atoms with van der Waals surface area (Å²) in [4.78, 5) is 7.24. The van der Waals surface area contributed by atoms with Gasteiger partial charge in [-0.3, -0.25) is 0 Å². The van der Waals surface area contributed by atoms with Gasteiger partial charge in [-0.05, 0) is 26.2 Å². The van der Waals surface area contributed by atoms with Gasteiger partial charge >= 0.3 is 0 Å². The van der Waals surface area contributed by atoms with Crippen LogP contribution in [0.4, 0.5) is 0 Å². The summed E-state index contributed by atoms with van der Waals surface area (Å²) >= 11 is 0. The van der Waals surface area contributed by atoms with E-state index in [0.717, 1.165) is 56.9 Å². The van der Waals surface area contributed by atoms with Gasteiger partial charge in [0.25, 0.3) is 0 Å². The van der Waals surface area contributed by atoms with Crippen LogP contribution in [0.1, 0.15) is 44.3 Å². The number of aromatic nitrogens is 3. The van der Waals surface area contributed by atoms with Crippen LogP contribution in [0.3, 0.4) is 0 Å². The van der Waals surface area contributed by atoms with Crippen LogP contribution in [0.15, 0.2) is 4.99 Å². The van der Waals surface area contributed by atoms with Crippen LogP contribution in [-0.2, 0) is 18.3 Å². The second-order valence-electron chi connectivity index (χ2n) is 7.12. The molecule has 2 aliphatic rings. The topological polar surface area (TPSA) is 67.6 Å². The summed E-state index contributed by atoms with van der Waals surface area (Å²) in [5.74, 6) is 2.83. The number of hydrogen-bond acceptors (Lipinski definition) is 4. The van der Waals surface area contributed by atoms with Gasteiger partial charge in [0.15, 0.2) is 11.8 Å². The Morgan fingerprint density at radius 2 is 2.25 bits per heavy atom. The second kappa shape index (κ2) is 7.51. The van der Waals surface area contributed by atoms with Crippen molar-refractivity contribution in [3.05, 3.63) is 11.6 Å². The van der Waals surface area contributed by atoms with Crippen molar-refractivity contribution in [3.63, 3.8) is 0 Å². The molecule has 1 N–H and O–H groups in total. The summed E-state index contributed by atoms with van der Waals surface area (Å²) in [5.41, 5.74) is 0.342. The molecule has 0 radical (unpaired) electrons. The second-order valence-corrected chi connectivity index (χ2v) is 7.12. The van der Waals surface area contributed by atoms with Gasteiger partial charge in [0.1, 0.15) is 12.4 Å². The standard InChI is InChI=1S/C17H30N6O/c1-4-5-8-18-16(19-11-15-21-20-14(2)22(15)3)23-9-6-17(12-23)7-10-24-13-17/h4-13H2,1-3H3,(H,18,19). The lowest BCUT2D eigenvalue weighted by atomic mass is 9.87. The SMILES string of the molecule is CCCCNC(=NCc1nnc(C)n1C)N1CCC2(CCOC2)C1. The highest BCUT2D eigenvalue weighted by Crippen LogP contribution is 2.38. The first-order valence-corrected chi connectivity index (χ1v) is 9.09. The zero-order valence-corrected chi connectivity index (χ0v) is 15.2. The van der Waals surface area contributed by atoms with Gasteiger partial charge in [-0.25, -0.2) is 4.99 Å². The van der Waals surface area contributed by atoms with Gasteiger partial charge in [-0.2, -0.15) is 0 Å². The zero-order chi connectivity index (χ0) is 17.0. The first-order chi connectivity index (χ1) is 11.6. The molecule has 0 bridgehead atoms. The highest BCUT2D eigenvalue weighted by Gasteiger charge is 2.42. The van der Waals surface area contributed by atoms with E-state index in [-0.39, 0.29) is 0 Å². The van der Waals surface area contributed by atoms with Gasteiger partial charge < -0.3 is 19.5 Å². The summed E-state index contributed by atoms with van der Waals surface area (Å²) in [6, 6.07) is 0. The molecule has 0 aliphatic carbocycles. The molecular formula is C17H30N6O. The average Bonchev–Trinajstić information content (AvgIpc) is 3.29. The number of guanidine groups is 1. The fourth-order valence-electron chi connectivity index (χ4n) is 3.47. The van der Waals surface area contributed by atoms with Crippen LogP contribution in [0.5, 0.6) is 0 Å². The molecular weight excluding hydrogens is 304 g/mol. The van der Waals surface area contributed by atoms with E-state index in [1.807, 2.05) is 18.5 Å². The normalized spacial score (nSPS) is 24.3. The number of likely N-dealkylation sites (tertiary alicyclic amines) is 1. The molecule has 1 atom stereocenters. The third-order valence-electron chi connectivity index (χ3n) is 5.29. The van der Waals surface area contributed by atoms with E-state index >= 15 is 0 Å². The lowest BCUT2D eigenvalue weighted by Gasteiger charge is -2.25. The number of aryl methyl sites for hydroxylation is 1. The van der Waals surface area contributed by atoms with Crippen molar-refractivity contribution in [2.45, 2.75) is 46.1 Å². The Bertz CT molecular complexity index is 576. The van der Waals surface area contributed by atoms with E-state index < -0.39 is 0 Å². The number of ether oxygens (including phenoxy) is 1. The summed E-state index contributed by atoms with van der Waals surface area (Å²) in [6.07, 6.45) is 4.71. The number of rotatable bonds is 5. The molecule has 2 aliphatic heterocycles. The van der Waals surface area contributed by atoms with Crippen LogP contribution < -0.4 is 5.32 Å². The van der Waals surface area contributed by atoms with Gasteiger partial charge in [-0.15, -0.1) is 10.2 Å². The molecule has 0 amide bonds. The third kappa shape index (κ3) is 3.71.